The quantitative estimate of drug-likeness (QED) is 0.581. The van der Waals surface area contributed by atoms with E-state index in [4.69, 9.17) is 9.47 Å². The first-order valence-electron chi connectivity index (χ1n) is 6.15. The van der Waals surface area contributed by atoms with E-state index in [-0.39, 0.29) is 6.61 Å². The molecule has 4 nitrogen and oxygen atoms in total. The van der Waals surface area contributed by atoms with E-state index in [0.29, 0.717) is 0 Å². The SMILES string of the molecule is C/C=C\C#CC#CC#C/C=C\[C@H](COC(C)=O)OC(C)=O. The van der Waals surface area contributed by atoms with Gasteiger partial charge in [0.05, 0.1) is 0 Å². The fraction of sp³-hybridized carbons (Fsp3) is 0.294. The van der Waals surface area contributed by atoms with Crippen molar-refractivity contribution in [2.75, 3.05) is 6.61 Å². The lowest BCUT2D eigenvalue weighted by Gasteiger charge is -2.11. The molecule has 0 heterocycles. The molecule has 0 rings (SSSR count). The van der Waals surface area contributed by atoms with E-state index in [1.807, 2.05) is 6.92 Å². The summed E-state index contributed by atoms with van der Waals surface area (Å²) < 4.78 is 9.71. The summed E-state index contributed by atoms with van der Waals surface area (Å²) in [6.07, 6.45) is 5.82. The number of carbonyl (C=O) groups excluding carboxylic acids is 2. The van der Waals surface area contributed by atoms with E-state index in [2.05, 4.69) is 35.5 Å². The average molecular weight is 284 g/mol. The van der Waals surface area contributed by atoms with Crippen LogP contribution in [0.2, 0.25) is 0 Å². The topological polar surface area (TPSA) is 52.6 Å². The van der Waals surface area contributed by atoms with Crippen LogP contribution in [0.5, 0.6) is 0 Å². The molecule has 0 saturated heterocycles. The van der Waals surface area contributed by atoms with Crippen molar-refractivity contribution >= 4 is 11.9 Å². The van der Waals surface area contributed by atoms with Gasteiger partial charge in [-0.2, -0.15) is 0 Å². The Morgan fingerprint density at radius 2 is 1.62 bits per heavy atom. The standard InChI is InChI=1S/C17H16O4/c1-4-5-6-7-8-9-10-11-12-13-17(21-16(3)19)14-20-15(2)18/h4-5,12-13,17H,14H2,1-3H3/b5-4-,13-12-/t17-/m1/s1. The predicted molar refractivity (Wildman–Crippen MR) is 79.5 cm³/mol. The van der Waals surface area contributed by atoms with Gasteiger partial charge in [0.1, 0.15) is 6.61 Å². The van der Waals surface area contributed by atoms with Crippen molar-refractivity contribution in [2.45, 2.75) is 26.9 Å². The lowest BCUT2D eigenvalue weighted by atomic mass is 10.3. The molecule has 0 aromatic rings. The van der Waals surface area contributed by atoms with E-state index in [1.54, 1.807) is 12.2 Å². The minimum Gasteiger partial charge on any atom is -0.462 e. The van der Waals surface area contributed by atoms with Crippen LogP contribution < -0.4 is 0 Å². The van der Waals surface area contributed by atoms with Crippen LogP contribution in [0.4, 0.5) is 0 Å². The maximum absolute atomic E-state index is 10.9. The summed E-state index contributed by atoms with van der Waals surface area (Å²) in [7, 11) is 0. The van der Waals surface area contributed by atoms with Gasteiger partial charge >= 0.3 is 11.9 Å². The zero-order valence-corrected chi connectivity index (χ0v) is 12.2. The fourth-order valence-electron chi connectivity index (χ4n) is 0.998. The van der Waals surface area contributed by atoms with E-state index in [0.717, 1.165) is 0 Å². The molecule has 0 aliphatic rings. The molecule has 4 heteroatoms. The number of hydrogen-bond acceptors (Lipinski definition) is 4. The van der Waals surface area contributed by atoms with Gasteiger partial charge in [0.25, 0.3) is 0 Å². The van der Waals surface area contributed by atoms with Gasteiger partial charge in [-0.3, -0.25) is 9.59 Å². The van der Waals surface area contributed by atoms with Crippen molar-refractivity contribution in [3.8, 4) is 35.5 Å². The first-order chi connectivity index (χ1) is 10.1. The van der Waals surface area contributed by atoms with E-state index < -0.39 is 18.0 Å². The molecular formula is C17H16O4. The van der Waals surface area contributed by atoms with Gasteiger partial charge < -0.3 is 9.47 Å². The monoisotopic (exact) mass is 284 g/mol. The molecule has 0 spiro atoms. The summed E-state index contributed by atoms with van der Waals surface area (Å²) in [6, 6.07) is 0. The van der Waals surface area contributed by atoms with Gasteiger partial charge in [0.15, 0.2) is 6.10 Å². The molecule has 0 saturated carbocycles. The highest BCUT2D eigenvalue weighted by Gasteiger charge is 2.09. The lowest BCUT2D eigenvalue weighted by molar-refractivity contribution is -0.153. The Morgan fingerprint density at radius 1 is 1.00 bits per heavy atom. The van der Waals surface area contributed by atoms with Crippen LogP contribution in [0.1, 0.15) is 20.8 Å². The second-order valence-electron chi connectivity index (χ2n) is 3.60. The zero-order chi connectivity index (χ0) is 15.9. The fourth-order valence-corrected chi connectivity index (χ4v) is 0.998. The molecule has 0 aliphatic carbocycles. The Labute approximate surface area is 125 Å². The van der Waals surface area contributed by atoms with Gasteiger partial charge in [-0.15, -0.1) is 0 Å². The van der Waals surface area contributed by atoms with E-state index in [9.17, 15) is 9.59 Å². The molecule has 0 aromatic heterocycles. The third kappa shape index (κ3) is 13.3. The molecule has 0 fully saturated rings. The molecule has 21 heavy (non-hydrogen) atoms. The molecule has 0 amide bonds. The molecule has 108 valence electrons. The normalized spacial score (nSPS) is 10.4. The molecule has 0 unspecified atom stereocenters. The third-order valence-corrected chi connectivity index (χ3v) is 1.74. The second kappa shape index (κ2) is 12.2. The van der Waals surface area contributed by atoms with Crippen molar-refractivity contribution in [1.29, 1.82) is 0 Å². The van der Waals surface area contributed by atoms with Crippen molar-refractivity contribution < 1.29 is 19.1 Å². The first kappa shape index (κ1) is 18.1. The molecule has 0 radical (unpaired) electrons. The van der Waals surface area contributed by atoms with Crippen LogP contribution in [0.3, 0.4) is 0 Å². The minimum atomic E-state index is -0.664. The number of rotatable bonds is 4. The largest absolute Gasteiger partial charge is 0.462 e. The number of allylic oxidation sites excluding steroid dienone is 3. The highest BCUT2D eigenvalue weighted by Crippen LogP contribution is 1.97. The molecular weight excluding hydrogens is 268 g/mol. The molecule has 0 aliphatic heterocycles. The van der Waals surface area contributed by atoms with E-state index >= 15 is 0 Å². The minimum absolute atomic E-state index is 0.0480. The van der Waals surface area contributed by atoms with E-state index in [1.165, 1.54) is 26.0 Å². The molecule has 0 N–H and O–H groups in total. The van der Waals surface area contributed by atoms with Crippen molar-refractivity contribution in [3.63, 3.8) is 0 Å². The summed E-state index contributed by atoms with van der Waals surface area (Å²) in [4.78, 5) is 21.6. The van der Waals surface area contributed by atoms with Crippen LogP contribution in [-0.2, 0) is 19.1 Å². The Morgan fingerprint density at radius 3 is 2.14 bits per heavy atom. The number of carbonyl (C=O) groups is 2. The first-order valence-corrected chi connectivity index (χ1v) is 6.15. The van der Waals surface area contributed by atoms with Gasteiger partial charge in [-0.1, -0.05) is 17.9 Å². The van der Waals surface area contributed by atoms with Gasteiger partial charge in [0.2, 0.25) is 0 Å². The highest BCUT2D eigenvalue weighted by atomic mass is 16.6. The maximum atomic E-state index is 10.9. The predicted octanol–water partition coefficient (Wildman–Crippen LogP) is 1.62. The lowest BCUT2D eigenvalue weighted by Crippen LogP contribution is -2.21. The Balaban J connectivity index is 4.47. The highest BCUT2D eigenvalue weighted by molar-refractivity contribution is 5.67. The van der Waals surface area contributed by atoms with Crippen LogP contribution in [0, 0.1) is 35.5 Å². The summed E-state index contributed by atoms with van der Waals surface area (Å²) >= 11 is 0. The molecule has 0 bridgehead atoms. The summed E-state index contributed by atoms with van der Waals surface area (Å²) in [5, 5.41) is 0. The smallest absolute Gasteiger partial charge is 0.303 e. The Kier molecular flexibility index (Phi) is 10.5. The van der Waals surface area contributed by atoms with Crippen molar-refractivity contribution in [3.05, 3.63) is 24.3 Å². The zero-order valence-electron chi connectivity index (χ0n) is 12.2. The van der Waals surface area contributed by atoms with Crippen LogP contribution in [0.15, 0.2) is 24.3 Å². The van der Waals surface area contributed by atoms with Gasteiger partial charge in [-0.25, -0.2) is 0 Å². The Hall–Kier alpha value is -2.90. The number of ether oxygens (including phenoxy) is 2. The molecule has 0 aromatic carbocycles. The summed E-state index contributed by atoms with van der Waals surface area (Å²) in [6.45, 7) is 4.36. The van der Waals surface area contributed by atoms with Crippen LogP contribution in [0.25, 0.3) is 0 Å². The summed E-state index contributed by atoms with van der Waals surface area (Å²) in [5.41, 5.74) is 0. The van der Waals surface area contributed by atoms with Crippen LogP contribution in [-0.4, -0.2) is 24.6 Å². The molecule has 1 atom stereocenters. The maximum Gasteiger partial charge on any atom is 0.303 e. The number of esters is 2. The summed E-state index contributed by atoms with van der Waals surface area (Å²) in [5.74, 6) is 14.7. The van der Waals surface area contributed by atoms with Gasteiger partial charge in [-0.05, 0) is 48.8 Å². The average Bonchev–Trinajstić information content (AvgIpc) is 2.42. The van der Waals surface area contributed by atoms with Crippen LogP contribution >= 0.6 is 0 Å². The Bertz CT molecular complexity index is 592. The second-order valence-corrected chi connectivity index (χ2v) is 3.60. The number of hydrogen-bond donors (Lipinski definition) is 0. The van der Waals surface area contributed by atoms with Crippen molar-refractivity contribution in [2.24, 2.45) is 0 Å². The van der Waals surface area contributed by atoms with Crippen molar-refractivity contribution in [1.82, 2.24) is 0 Å². The van der Waals surface area contributed by atoms with Gasteiger partial charge in [0, 0.05) is 13.8 Å². The third-order valence-electron chi connectivity index (χ3n) is 1.74.